The smallest absolute Gasteiger partial charge is 0.311 e. The Labute approximate surface area is 101 Å². The van der Waals surface area contributed by atoms with Gasteiger partial charge in [-0.1, -0.05) is 18.2 Å². The van der Waals surface area contributed by atoms with Crippen molar-refractivity contribution in [3.05, 3.63) is 29.8 Å². The zero-order valence-electron chi connectivity index (χ0n) is 9.85. The number of benzene rings is 1. The van der Waals surface area contributed by atoms with Gasteiger partial charge in [-0.25, -0.2) is 0 Å². The summed E-state index contributed by atoms with van der Waals surface area (Å²) in [5.41, 5.74) is 1.02. The lowest BCUT2D eigenvalue weighted by atomic mass is 9.97. The molecule has 1 aliphatic rings. The van der Waals surface area contributed by atoms with Gasteiger partial charge in [-0.15, -0.1) is 0 Å². The molecule has 2 atom stereocenters. The Morgan fingerprint density at radius 1 is 1.47 bits per heavy atom. The third kappa shape index (κ3) is 2.77. The second-order valence-corrected chi connectivity index (χ2v) is 4.35. The van der Waals surface area contributed by atoms with E-state index < -0.39 is 18.1 Å². The van der Waals surface area contributed by atoms with Crippen LogP contribution in [0.25, 0.3) is 0 Å². The molecule has 0 aliphatic carbocycles. The second-order valence-electron chi connectivity index (χ2n) is 4.35. The van der Waals surface area contributed by atoms with Gasteiger partial charge in [0.1, 0.15) is 11.7 Å². The Morgan fingerprint density at radius 2 is 2.24 bits per heavy atom. The fraction of sp³-hybridized carbons (Fsp3) is 0.462. The highest BCUT2D eigenvalue weighted by Gasteiger charge is 2.32. The molecule has 92 valence electrons. The molecule has 1 aromatic carbocycles. The van der Waals surface area contributed by atoms with Crippen LogP contribution in [-0.2, 0) is 4.79 Å². The molecule has 0 amide bonds. The number of para-hydroxylation sites is 1. The first-order valence-electron chi connectivity index (χ1n) is 5.87. The van der Waals surface area contributed by atoms with Crippen LogP contribution < -0.4 is 10.1 Å². The zero-order valence-corrected chi connectivity index (χ0v) is 9.85. The summed E-state index contributed by atoms with van der Waals surface area (Å²) in [6.45, 7) is 2.76. The van der Waals surface area contributed by atoms with Gasteiger partial charge < -0.3 is 9.84 Å². The summed E-state index contributed by atoms with van der Waals surface area (Å²) < 4.78 is 5.77. The topological polar surface area (TPSA) is 58.6 Å². The van der Waals surface area contributed by atoms with E-state index in [0.29, 0.717) is 6.42 Å². The number of carbonyl (C=O) groups is 1. The Kier molecular flexibility index (Phi) is 3.64. The van der Waals surface area contributed by atoms with Crippen molar-refractivity contribution < 1.29 is 14.6 Å². The predicted octanol–water partition coefficient (Wildman–Crippen LogP) is 1.78. The molecule has 0 radical (unpaired) electrons. The molecule has 0 spiro atoms. The molecular weight excluding hydrogens is 218 g/mol. The minimum Gasteiger partial charge on any atom is -0.481 e. The van der Waals surface area contributed by atoms with Crippen LogP contribution in [0.15, 0.2) is 24.3 Å². The minimum atomic E-state index is -0.796. The minimum absolute atomic E-state index is 0.428. The van der Waals surface area contributed by atoms with Crippen LogP contribution in [0.4, 0.5) is 0 Å². The van der Waals surface area contributed by atoms with Gasteiger partial charge in [0.25, 0.3) is 0 Å². The molecule has 1 fully saturated rings. The molecule has 1 aliphatic heterocycles. The zero-order chi connectivity index (χ0) is 12.3. The van der Waals surface area contributed by atoms with Crippen LogP contribution in [0.1, 0.15) is 18.4 Å². The molecule has 4 heteroatoms. The van der Waals surface area contributed by atoms with Crippen molar-refractivity contribution in [3.63, 3.8) is 0 Å². The van der Waals surface area contributed by atoms with E-state index in [9.17, 15) is 4.79 Å². The number of aliphatic carboxylic acids is 1. The fourth-order valence-corrected chi connectivity index (χ4v) is 2.06. The fourth-order valence-electron chi connectivity index (χ4n) is 2.06. The Hall–Kier alpha value is -1.55. The van der Waals surface area contributed by atoms with Gasteiger partial charge in [-0.3, -0.25) is 10.1 Å². The average molecular weight is 235 g/mol. The number of rotatable bonds is 3. The maximum atomic E-state index is 11.1. The van der Waals surface area contributed by atoms with E-state index in [2.05, 4.69) is 5.32 Å². The maximum absolute atomic E-state index is 11.1. The summed E-state index contributed by atoms with van der Waals surface area (Å²) in [5, 5.41) is 12.3. The summed E-state index contributed by atoms with van der Waals surface area (Å²) >= 11 is 0. The molecule has 2 unspecified atom stereocenters. The first kappa shape index (κ1) is 11.9. The summed E-state index contributed by atoms with van der Waals surface area (Å²) in [6, 6.07) is 7.64. The van der Waals surface area contributed by atoms with E-state index >= 15 is 0 Å². The van der Waals surface area contributed by atoms with Crippen LogP contribution in [0.2, 0.25) is 0 Å². The van der Waals surface area contributed by atoms with Gasteiger partial charge >= 0.3 is 5.97 Å². The summed E-state index contributed by atoms with van der Waals surface area (Å²) in [6.07, 6.45) is 1.12. The van der Waals surface area contributed by atoms with E-state index in [-0.39, 0.29) is 0 Å². The van der Waals surface area contributed by atoms with Crippen LogP contribution in [-0.4, -0.2) is 23.8 Å². The number of carboxylic acid groups (broad SMARTS) is 1. The first-order valence-corrected chi connectivity index (χ1v) is 5.87. The summed E-state index contributed by atoms with van der Waals surface area (Å²) in [5.74, 6) is -0.516. The molecule has 0 bridgehead atoms. The first-order chi connectivity index (χ1) is 8.18. The lowest BCUT2D eigenvalue weighted by molar-refractivity contribution is -0.147. The van der Waals surface area contributed by atoms with E-state index in [4.69, 9.17) is 9.84 Å². The van der Waals surface area contributed by atoms with Crippen molar-refractivity contribution in [2.45, 2.75) is 26.0 Å². The SMILES string of the molecule is Cc1ccccc1OC1NCCCC1C(=O)O. The largest absolute Gasteiger partial charge is 0.481 e. The third-order valence-corrected chi connectivity index (χ3v) is 3.07. The number of aryl methyl sites for hydroxylation is 1. The molecule has 1 aromatic rings. The standard InChI is InChI=1S/C13H17NO3/c1-9-5-2-3-7-11(9)17-12-10(13(15)16)6-4-8-14-12/h2-3,5,7,10,12,14H,4,6,8H2,1H3,(H,15,16). The van der Waals surface area contributed by atoms with E-state index in [0.717, 1.165) is 24.3 Å². The molecular formula is C13H17NO3. The highest BCUT2D eigenvalue weighted by Crippen LogP contribution is 2.23. The van der Waals surface area contributed by atoms with Gasteiger partial charge in [0.05, 0.1) is 0 Å². The second kappa shape index (κ2) is 5.19. The number of piperidine rings is 1. The maximum Gasteiger partial charge on any atom is 0.311 e. The van der Waals surface area contributed by atoms with Crippen molar-refractivity contribution >= 4 is 5.97 Å². The quantitative estimate of drug-likeness (QED) is 0.838. The van der Waals surface area contributed by atoms with Crippen molar-refractivity contribution in [2.75, 3.05) is 6.54 Å². The van der Waals surface area contributed by atoms with Crippen molar-refractivity contribution in [2.24, 2.45) is 5.92 Å². The molecule has 1 heterocycles. The summed E-state index contributed by atoms with van der Waals surface area (Å²) in [4.78, 5) is 11.1. The third-order valence-electron chi connectivity index (χ3n) is 3.07. The predicted molar refractivity (Wildman–Crippen MR) is 64.0 cm³/mol. The lowest BCUT2D eigenvalue weighted by Gasteiger charge is -2.30. The molecule has 1 saturated heterocycles. The van der Waals surface area contributed by atoms with Crippen molar-refractivity contribution in [1.29, 1.82) is 0 Å². The highest BCUT2D eigenvalue weighted by atomic mass is 16.5. The normalized spacial score (nSPS) is 24.3. The van der Waals surface area contributed by atoms with Crippen molar-refractivity contribution in [3.8, 4) is 5.75 Å². The van der Waals surface area contributed by atoms with Gasteiger partial charge in [0.2, 0.25) is 0 Å². The van der Waals surface area contributed by atoms with Gasteiger partial charge in [0, 0.05) is 0 Å². The number of nitrogens with one attached hydrogen (secondary N) is 1. The molecule has 0 saturated carbocycles. The number of hydrogen-bond donors (Lipinski definition) is 2. The van der Waals surface area contributed by atoms with E-state index in [1.54, 1.807) is 0 Å². The molecule has 0 aromatic heterocycles. The highest BCUT2D eigenvalue weighted by molar-refractivity contribution is 5.70. The average Bonchev–Trinajstić information content (AvgIpc) is 2.32. The number of ether oxygens (including phenoxy) is 1. The van der Waals surface area contributed by atoms with Gasteiger partial charge in [-0.05, 0) is 37.9 Å². The molecule has 17 heavy (non-hydrogen) atoms. The summed E-state index contributed by atoms with van der Waals surface area (Å²) in [7, 11) is 0. The Bertz CT molecular complexity index is 405. The van der Waals surface area contributed by atoms with Crippen LogP contribution >= 0.6 is 0 Å². The lowest BCUT2D eigenvalue weighted by Crippen LogP contribution is -2.48. The van der Waals surface area contributed by atoms with Gasteiger partial charge in [-0.2, -0.15) is 0 Å². The Balaban J connectivity index is 2.11. The number of hydrogen-bond acceptors (Lipinski definition) is 3. The van der Waals surface area contributed by atoms with Gasteiger partial charge in [0.15, 0.2) is 6.23 Å². The Morgan fingerprint density at radius 3 is 2.94 bits per heavy atom. The molecule has 2 rings (SSSR count). The monoisotopic (exact) mass is 235 g/mol. The van der Waals surface area contributed by atoms with Crippen LogP contribution in [0.5, 0.6) is 5.75 Å². The van der Waals surface area contributed by atoms with E-state index in [1.807, 2.05) is 31.2 Å². The van der Waals surface area contributed by atoms with Crippen molar-refractivity contribution in [1.82, 2.24) is 5.32 Å². The van der Waals surface area contributed by atoms with Crippen LogP contribution in [0, 0.1) is 12.8 Å². The molecule has 2 N–H and O–H groups in total. The van der Waals surface area contributed by atoms with Crippen LogP contribution in [0.3, 0.4) is 0 Å². The van der Waals surface area contributed by atoms with E-state index in [1.165, 1.54) is 0 Å². The number of carboxylic acids is 1. The molecule has 4 nitrogen and oxygen atoms in total.